The summed E-state index contributed by atoms with van der Waals surface area (Å²) in [6, 6.07) is 9.20. The van der Waals surface area contributed by atoms with Crippen molar-refractivity contribution in [2.45, 2.75) is 32.8 Å². The molecule has 0 aliphatic carbocycles. The Labute approximate surface area is 171 Å². The van der Waals surface area contributed by atoms with E-state index in [2.05, 4.69) is 15.5 Å². The average Bonchev–Trinajstić information content (AvgIpc) is 3.38. The van der Waals surface area contributed by atoms with Gasteiger partial charge in [-0.3, -0.25) is 9.59 Å². The standard InChI is InChI=1S/C20H21N3O5S/c1-12-6-7-15(26-3)14(11-12)21-20(25)13(2)27-18(24)9-8-17-22-19(23-28-17)16-5-4-10-29-16/h4-7,10-11,13H,8-9H2,1-3H3,(H,21,25). The van der Waals surface area contributed by atoms with Crippen LogP contribution in [0.1, 0.15) is 24.8 Å². The van der Waals surface area contributed by atoms with Gasteiger partial charge in [-0.15, -0.1) is 11.3 Å². The third-order valence-electron chi connectivity index (χ3n) is 4.04. The predicted octanol–water partition coefficient (Wildman–Crippen LogP) is 3.62. The number of aromatic nitrogens is 2. The Kier molecular flexibility index (Phi) is 6.61. The van der Waals surface area contributed by atoms with Crippen molar-refractivity contribution in [3.05, 3.63) is 47.2 Å². The third-order valence-corrected chi connectivity index (χ3v) is 4.91. The largest absolute Gasteiger partial charge is 0.495 e. The molecule has 29 heavy (non-hydrogen) atoms. The zero-order valence-electron chi connectivity index (χ0n) is 16.3. The molecule has 1 unspecified atom stereocenters. The number of ether oxygens (including phenoxy) is 2. The lowest BCUT2D eigenvalue weighted by molar-refractivity contribution is -0.153. The number of benzene rings is 1. The van der Waals surface area contributed by atoms with E-state index in [1.54, 1.807) is 12.1 Å². The number of thiophene rings is 1. The van der Waals surface area contributed by atoms with Crippen LogP contribution in [0.5, 0.6) is 5.75 Å². The van der Waals surface area contributed by atoms with Gasteiger partial charge in [-0.25, -0.2) is 0 Å². The van der Waals surface area contributed by atoms with Gasteiger partial charge in [0.05, 0.1) is 24.1 Å². The van der Waals surface area contributed by atoms with Gasteiger partial charge in [-0.05, 0) is 43.0 Å². The highest BCUT2D eigenvalue weighted by Crippen LogP contribution is 2.25. The minimum absolute atomic E-state index is 0.0253. The van der Waals surface area contributed by atoms with Crippen LogP contribution in [0.4, 0.5) is 5.69 Å². The van der Waals surface area contributed by atoms with Crippen molar-refractivity contribution in [1.82, 2.24) is 10.1 Å². The number of carbonyl (C=O) groups is 2. The smallest absolute Gasteiger partial charge is 0.307 e. The molecule has 0 spiro atoms. The van der Waals surface area contributed by atoms with Crippen LogP contribution < -0.4 is 10.1 Å². The summed E-state index contributed by atoms with van der Waals surface area (Å²) in [5, 5.41) is 8.53. The van der Waals surface area contributed by atoms with E-state index in [-0.39, 0.29) is 12.8 Å². The second-order valence-corrected chi connectivity index (χ2v) is 7.26. The molecule has 1 N–H and O–H groups in total. The predicted molar refractivity (Wildman–Crippen MR) is 108 cm³/mol. The van der Waals surface area contributed by atoms with Gasteiger partial charge in [-0.1, -0.05) is 17.3 Å². The van der Waals surface area contributed by atoms with Crippen molar-refractivity contribution < 1.29 is 23.6 Å². The highest BCUT2D eigenvalue weighted by atomic mass is 32.1. The van der Waals surface area contributed by atoms with Crippen LogP contribution in [-0.2, 0) is 20.7 Å². The lowest BCUT2D eigenvalue weighted by Crippen LogP contribution is -2.30. The number of nitrogens with one attached hydrogen (secondary N) is 1. The molecule has 0 aliphatic rings. The third kappa shape index (κ3) is 5.41. The zero-order chi connectivity index (χ0) is 20.8. The number of methoxy groups -OCH3 is 1. The van der Waals surface area contributed by atoms with Crippen LogP contribution in [0.2, 0.25) is 0 Å². The SMILES string of the molecule is COc1ccc(C)cc1NC(=O)C(C)OC(=O)CCc1nc(-c2cccs2)no1. The average molecular weight is 415 g/mol. The minimum atomic E-state index is -0.961. The van der Waals surface area contributed by atoms with Gasteiger partial charge in [0.1, 0.15) is 5.75 Å². The first-order chi connectivity index (χ1) is 14.0. The first-order valence-electron chi connectivity index (χ1n) is 8.97. The van der Waals surface area contributed by atoms with Crippen LogP contribution in [0.15, 0.2) is 40.2 Å². The molecule has 0 bridgehead atoms. The number of aryl methyl sites for hydroxylation is 2. The minimum Gasteiger partial charge on any atom is -0.495 e. The van der Waals surface area contributed by atoms with Crippen LogP contribution in [-0.4, -0.2) is 35.2 Å². The van der Waals surface area contributed by atoms with Gasteiger partial charge in [0.2, 0.25) is 11.7 Å². The molecule has 3 aromatic rings. The van der Waals surface area contributed by atoms with Crippen LogP contribution in [0.3, 0.4) is 0 Å². The molecule has 152 valence electrons. The molecule has 8 nitrogen and oxygen atoms in total. The summed E-state index contributed by atoms with van der Waals surface area (Å²) in [4.78, 5) is 29.6. The Morgan fingerprint density at radius 1 is 1.31 bits per heavy atom. The van der Waals surface area contributed by atoms with E-state index in [1.165, 1.54) is 25.4 Å². The monoisotopic (exact) mass is 415 g/mol. The Morgan fingerprint density at radius 3 is 2.86 bits per heavy atom. The number of nitrogens with zero attached hydrogens (tertiary/aromatic N) is 2. The number of rotatable bonds is 8. The molecule has 3 rings (SSSR count). The molecule has 0 fully saturated rings. The highest BCUT2D eigenvalue weighted by Gasteiger charge is 2.20. The maximum Gasteiger partial charge on any atom is 0.307 e. The van der Waals surface area contributed by atoms with Crippen molar-refractivity contribution in [2.75, 3.05) is 12.4 Å². The van der Waals surface area contributed by atoms with Crippen molar-refractivity contribution in [1.29, 1.82) is 0 Å². The van der Waals surface area contributed by atoms with Crippen molar-refractivity contribution in [3.63, 3.8) is 0 Å². The van der Waals surface area contributed by atoms with Crippen molar-refractivity contribution in [2.24, 2.45) is 0 Å². The molecule has 0 aliphatic heterocycles. The quantitative estimate of drug-likeness (QED) is 0.560. The van der Waals surface area contributed by atoms with Crippen LogP contribution in [0.25, 0.3) is 10.7 Å². The Morgan fingerprint density at radius 2 is 2.14 bits per heavy atom. The van der Waals surface area contributed by atoms with Crippen LogP contribution >= 0.6 is 11.3 Å². The van der Waals surface area contributed by atoms with Crippen molar-refractivity contribution in [3.8, 4) is 16.5 Å². The number of hydrogen-bond donors (Lipinski definition) is 1. The van der Waals surface area contributed by atoms with Gasteiger partial charge in [0, 0.05) is 6.42 Å². The number of hydrogen-bond acceptors (Lipinski definition) is 8. The van der Waals surface area contributed by atoms with Gasteiger partial charge in [0.25, 0.3) is 5.91 Å². The van der Waals surface area contributed by atoms with E-state index < -0.39 is 18.0 Å². The molecular formula is C20H21N3O5S. The number of carbonyl (C=O) groups excluding carboxylic acids is 2. The number of amides is 1. The lowest BCUT2D eigenvalue weighted by Gasteiger charge is -2.15. The lowest BCUT2D eigenvalue weighted by atomic mass is 10.2. The maximum absolute atomic E-state index is 12.4. The molecule has 2 heterocycles. The molecule has 1 aromatic carbocycles. The van der Waals surface area contributed by atoms with Gasteiger partial charge >= 0.3 is 5.97 Å². The molecule has 9 heteroatoms. The molecule has 0 radical (unpaired) electrons. The van der Waals surface area contributed by atoms with E-state index >= 15 is 0 Å². The van der Waals surface area contributed by atoms with E-state index in [1.807, 2.05) is 30.5 Å². The first-order valence-corrected chi connectivity index (χ1v) is 9.85. The highest BCUT2D eigenvalue weighted by molar-refractivity contribution is 7.13. The summed E-state index contributed by atoms with van der Waals surface area (Å²) < 4.78 is 15.6. The fourth-order valence-corrected chi connectivity index (χ4v) is 3.18. The fraction of sp³-hybridized carbons (Fsp3) is 0.300. The molecule has 0 saturated heterocycles. The second-order valence-electron chi connectivity index (χ2n) is 6.31. The van der Waals surface area contributed by atoms with Gasteiger partial charge in [0.15, 0.2) is 6.10 Å². The summed E-state index contributed by atoms with van der Waals surface area (Å²) in [5.74, 6) is 0.385. The maximum atomic E-state index is 12.4. The first kappa shape index (κ1) is 20.5. The Hall–Kier alpha value is -3.20. The molecular weight excluding hydrogens is 394 g/mol. The summed E-state index contributed by atoms with van der Waals surface area (Å²) >= 11 is 1.50. The normalized spacial score (nSPS) is 11.7. The van der Waals surface area contributed by atoms with Crippen LogP contribution in [0, 0.1) is 6.92 Å². The molecule has 2 aromatic heterocycles. The molecule has 0 saturated carbocycles. The topological polar surface area (TPSA) is 104 Å². The summed E-state index contributed by atoms with van der Waals surface area (Å²) in [6.07, 6.45) is -0.702. The Balaban J connectivity index is 1.50. The van der Waals surface area contributed by atoms with Crippen molar-refractivity contribution >= 4 is 28.9 Å². The van der Waals surface area contributed by atoms with Gasteiger partial charge < -0.3 is 19.3 Å². The van der Waals surface area contributed by atoms with E-state index in [4.69, 9.17) is 14.0 Å². The second kappa shape index (κ2) is 9.33. The molecule has 1 atom stereocenters. The van der Waals surface area contributed by atoms with E-state index in [0.717, 1.165) is 10.4 Å². The summed E-state index contributed by atoms with van der Waals surface area (Å²) in [7, 11) is 1.52. The Bertz CT molecular complexity index is 984. The van der Waals surface area contributed by atoms with E-state index in [0.29, 0.717) is 23.2 Å². The van der Waals surface area contributed by atoms with Gasteiger partial charge in [-0.2, -0.15) is 4.98 Å². The number of esters is 1. The summed E-state index contributed by atoms with van der Waals surface area (Å²) in [6.45, 7) is 3.41. The summed E-state index contributed by atoms with van der Waals surface area (Å²) in [5.41, 5.74) is 1.49. The number of anilines is 1. The zero-order valence-corrected chi connectivity index (χ0v) is 17.1. The molecule has 1 amide bonds. The van der Waals surface area contributed by atoms with E-state index in [9.17, 15) is 9.59 Å². The fourth-order valence-electron chi connectivity index (χ4n) is 2.53.